The first kappa shape index (κ1) is 21.3. The quantitative estimate of drug-likeness (QED) is 0.640. The molecule has 1 fully saturated rings. The summed E-state index contributed by atoms with van der Waals surface area (Å²) in [5.41, 5.74) is 2.99. The lowest BCUT2D eigenvalue weighted by Crippen LogP contribution is -3.13. The summed E-state index contributed by atoms with van der Waals surface area (Å²) in [5.74, 6) is 0.846. The molecule has 0 spiro atoms. The lowest BCUT2D eigenvalue weighted by molar-refractivity contribution is -0.917. The summed E-state index contributed by atoms with van der Waals surface area (Å²) >= 11 is 0. The molecule has 1 aliphatic rings. The Bertz CT molecular complexity index is 1040. The zero-order valence-corrected chi connectivity index (χ0v) is 18.4. The number of ether oxygens (including phenoxy) is 2. The Labute approximate surface area is 184 Å². The van der Waals surface area contributed by atoms with Crippen molar-refractivity contribution in [3.05, 3.63) is 77.4 Å². The normalized spacial score (nSPS) is 14.7. The van der Waals surface area contributed by atoms with Gasteiger partial charge in [0.15, 0.2) is 0 Å². The van der Waals surface area contributed by atoms with Crippen LogP contribution < -0.4 is 9.64 Å². The Morgan fingerprint density at radius 3 is 2.55 bits per heavy atom. The molecule has 5 heteroatoms. The maximum atomic E-state index is 13.1. The van der Waals surface area contributed by atoms with Gasteiger partial charge in [-0.2, -0.15) is 0 Å². The van der Waals surface area contributed by atoms with E-state index in [9.17, 15) is 4.79 Å². The first-order valence-corrected chi connectivity index (χ1v) is 11.0. The van der Waals surface area contributed by atoms with Gasteiger partial charge in [-0.15, -0.1) is 0 Å². The number of amides is 1. The summed E-state index contributed by atoms with van der Waals surface area (Å²) < 4.78 is 11.0. The van der Waals surface area contributed by atoms with Crippen LogP contribution in [0.5, 0.6) is 5.75 Å². The minimum Gasteiger partial charge on any atom is -0.496 e. The van der Waals surface area contributed by atoms with Crippen molar-refractivity contribution in [1.82, 2.24) is 4.90 Å². The Morgan fingerprint density at radius 2 is 1.77 bits per heavy atom. The highest BCUT2D eigenvalue weighted by Gasteiger charge is 2.25. The van der Waals surface area contributed by atoms with Crippen LogP contribution in [0, 0.1) is 0 Å². The molecular weight excluding hydrogens is 388 g/mol. The van der Waals surface area contributed by atoms with Gasteiger partial charge in [-0.25, -0.2) is 0 Å². The molecule has 0 bridgehead atoms. The fraction of sp³-hybridized carbons (Fsp3) is 0.346. The lowest BCUT2D eigenvalue weighted by Gasteiger charge is -2.32. The molecule has 0 saturated carbocycles. The molecule has 1 amide bonds. The summed E-state index contributed by atoms with van der Waals surface area (Å²) in [4.78, 5) is 16.6. The van der Waals surface area contributed by atoms with Crippen LogP contribution in [0.4, 0.5) is 0 Å². The predicted octanol–water partition coefficient (Wildman–Crippen LogP) is 2.93. The highest BCUT2D eigenvalue weighted by Crippen LogP contribution is 2.22. The van der Waals surface area contributed by atoms with Crippen molar-refractivity contribution in [3.63, 3.8) is 0 Å². The molecule has 0 aliphatic carbocycles. The summed E-state index contributed by atoms with van der Waals surface area (Å²) in [5, 5.41) is 2.62. The number of benzene rings is 3. The van der Waals surface area contributed by atoms with Crippen molar-refractivity contribution in [2.24, 2.45) is 0 Å². The summed E-state index contributed by atoms with van der Waals surface area (Å²) in [6.45, 7) is 7.48. The Kier molecular flexibility index (Phi) is 6.85. The number of fused-ring (bicyclic) bond motifs is 1. The zero-order valence-electron chi connectivity index (χ0n) is 18.4. The number of carbonyl (C=O) groups excluding carboxylic acids is 1. The van der Waals surface area contributed by atoms with Gasteiger partial charge in [-0.05, 0) is 35.9 Å². The van der Waals surface area contributed by atoms with E-state index < -0.39 is 0 Å². The lowest BCUT2D eigenvalue weighted by atomic mass is 10.0. The van der Waals surface area contributed by atoms with E-state index in [2.05, 4.69) is 42.5 Å². The number of quaternary nitrogens is 1. The van der Waals surface area contributed by atoms with E-state index in [1.165, 1.54) is 21.2 Å². The van der Waals surface area contributed by atoms with E-state index in [0.29, 0.717) is 18.8 Å². The molecule has 1 heterocycles. The van der Waals surface area contributed by atoms with Crippen LogP contribution in [0.1, 0.15) is 28.4 Å². The number of piperazine rings is 1. The van der Waals surface area contributed by atoms with Gasteiger partial charge in [0.1, 0.15) is 12.3 Å². The van der Waals surface area contributed by atoms with Gasteiger partial charge in [0.2, 0.25) is 0 Å². The molecule has 5 nitrogen and oxygen atoms in total. The minimum absolute atomic E-state index is 0.0876. The van der Waals surface area contributed by atoms with Crippen LogP contribution in [-0.4, -0.2) is 50.7 Å². The molecule has 0 unspecified atom stereocenters. The molecule has 1 saturated heterocycles. The number of nitrogens with zero attached hydrogens (tertiary/aromatic N) is 1. The van der Waals surface area contributed by atoms with Gasteiger partial charge < -0.3 is 19.3 Å². The molecule has 0 radical (unpaired) electrons. The fourth-order valence-electron chi connectivity index (χ4n) is 4.34. The number of methoxy groups -OCH3 is 1. The van der Waals surface area contributed by atoms with E-state index in [1.54, 1.807) is 7.11 Å². The number of carbonyl (C=O) groups is 1. The van der Waals surface area contributed by atoms with Gasteiger partial charge in [0, 0.05) is 23.3 Å². The van der Waals surface area contributed by atoms with Crippen molar-refractivity contribution in [3.8, 4) is 5.75 Å². The van der Waals surface area contributed by atoms with Crippen LogP contribution in [0.3, 0.4) is 0 Å². The second kappa shape index (κ2) is 9.94. The molecule has 4 rings (SSSR count). The van der Waals surface area contributed by atoms with Gasteiger partial charge in [-0.3, -0.25) is 4.79 Å². The second-order valence-corrected chi connectivity index (χ2v) is 8.02. The third-order valence-corrected chi connectivity index (χ3v) is 6.07. The standard InChI is InChI=1S/C26H30N2O3/c1-3-31-19-23-17-21(11-12-25(23)30-2)26(29)28-15-13-27(14-16-28)18-22-9-6-8-20-7-4-5-10-24(20)22/h4-12,17H,3,13-16,18-19H2,1-2H3/p+1. The SMILES string of the molecule is CCOCc1cc(C(=O)N2CC[NH+](Cc3cccc4ccccc34)CC2)ccc1OC. The zero-order chi connectivity index (χ0) is 21.6. The maximum Gasteiger partial charge on any atom is 0.254 e. The molecule has 1 aliphatic heterocycles. The fourth-order valence-corrected chi connectivity index (χ4v) is 4.34. The van der Waals surface area contributed by atoms with Crippen LogP contribution in [0.25, 0.3) is 10.8 Å². The number of hydrogen-bond acceptors (Lipinski definition) is 3. The maximum absolute atomic E-state index is 13.1. The smallest absolute Gasteiger partial charge is 0.254 e. The molecule has 31 heavy (non-hydrogen) atoms. The average molecular weight is 420 g/mol. The monoisotopic (exact) mass is 419 g/mol. The third kappa shape index (κ3) is 4.89. The van der Waals surface area contributed by atoms with Gasteiger partial charge in [-0.1, -0.05) is 42.5 Å². The Balaban J connectivity index is 1.40. The Morgan fingerprint density at radius 1 is 1.00 bits per heavy atom. The van der Waals surface area contributed by atoms with Gasteiger partial charge >= 0.3 is 0 Å². The number of rotatable bonds is 7. The van der Waals surface area contributed by atoms with E-state index in [-0.39, 0.29) is 5.91 Å². The van der Waals surface area contributed by atoms with Crippen molar-refractivity contribution < 1.29 is 19.2 Å². The van der Waals surface area contributed by atoms with Crippen LogP contribution in [-0.2, 0) is 17.9 Å². The first-order chi connectivity index (χ1) is 15.2. The number of hydrogen-bond donors (Lipinski definition) is 1. The summed E-state index contributed by atoms with van der Waals surface area (Å²) in [6, 6.07) is 20.7. The minimum atomic E-state index is 0.0876. The molecule has 3 aromatic carbocycles. The largest absolute Gasteiger partial charge is 0.496 e. The van der Waals surface area contributed by atoms with Crippen molar-refractivity contribution in [1.29, 1.82) is 0 Å². The average Bonchev–Trinajstić information content (AvgIpc) is 2.83. The van der Waals surface area contributed by atoms with Crippen LogP contribution in [0.2, 0.25) is 0 Å². The molecule has 1 N–H and O–H groups in total. The van der Waals surface area contributed by atoms with Crippen LogP contribution >= 0.6 is 0 Å². The third-order valence-electron chi connectivity index (χ3n) is 6.07. The van der Waals surface area contributed by atoms with E-state index in [4.69, 9.17) is 9.47 Å². The van der Waals surface area contributed by atoms with E-state index in [0.717, 1.165) is 44.0 Å². The van der Waals surface area contributed by atoms with Crippen molar-refractivity contribution >= 4 is 16.7 Å². The number of nitrogens with one attached hydrogen (secondary N) is 1. The summed E-state index contributed by atoms with van der Waals surface area (Å²) in [6.07, 6.45) is 0. The molecular formula is C26H31N2O3+. The van der Waals surface area contributed by atoms with Crippen molar-refractivity contribution in [2.75, 3.05) is 39.9 Å². The highest BCUT2D eigenvalue weighted by atomic mass is 16.5. The predicted molar refractivity (Wildman–Crippen MR) is 123 cm³/mol. The second-order valence-electron chi connectivity index (χ2n) is 8.02. The molecule has 3 aromatic rings. The van der Waals surface area contributed by atoms with E-state index in [1.807, 2.05) is 30.0 Å². The highest BCUT2D eigenvalue weighted by molar-refractivity contribution is 5.94. The van der Waals surface area contributed by atoms with E-state index >= 15 is 0 Å². The molecule has 0 aromatic heterocycles. The molecule has 162 valence electrons. The van der Waals surface area contributed by atoms with Crippen LogP contribution in [0.15, 0.2) is 60.7 Å². The topological polar surface area (TPSA) is 43.2 Å². The molecule has 0 atom stereocenters. The first-order valence-electron chi connectivity index (χ1n) is 11.0. The Hall–Kier alpha value is -2.89. The van der Waals surface area contributed by atoms with Gasteiger partial charge in [0.05, 0.1) is 39.9 Å². The summed E-state index contributed by atoms with van der Waals surface area (Å²) in [7, 11) is 1.64. The van der Waals surface area contributed by atoms with Gasteiger partial charge in [0.25, 0.3) is 5.91 Å². The van der Waals surface area contributed by atoms with Crippen molar-refractivity contribution in [2.45, 2.75) is 20.1 Å².